The number of esters is 1. The lowest BCUT2D eigenvalue weighted by molar-refractivity contribution is 0.0471. The smallest absolute Gasteiger partial charge is 0.344 e. The van der Waals surface area contributed by atoms with Crippen LogP contribution in [0.15, 0.2) is 83.4 Å². The van der Waals surface area contributed by atoms with E-state index in [1.807, 2.05) is 54.6 Å². The first-order valence-corrected chi connectivity index (χ1v) is 9.54. The largest absolute Gasteiger partial charge is 0.457 e. The van der Waals surface area contributed by atoms with Crippen LogP contribution in [0.2, 0.25) is 5.02 Å². The number of carbonyl (C=O) groups is 1. The van der Waals surface area contributed by atoms with E-state index < -0.39 is 5.97 Å². The van der Waals surface area contributed by atoms with Crippen LogP contribution in [0.1, 0.15) is 21.7 Å². The Kier molecular flexibility index (Phi) is 5.45. The number of halogens is 1. The maximum atomic E-state index is 12.7. The fraction of sp³-hybridized carbons (Fsp3) is 0.0833. The van der Waals surface area contributed by atoms with Crippen molar-refractivity contribution in [1.29, 1.82) is 0 Å². The summed E-state index contributed by atoms with van der Waals surface area (Å²) in [6, 6.07) is 25.2. The summed E-state index contributed by atoms with van der Waals surface area (Å²) in [7, 11) is 0. The molecule has 0 N–H and O–H groups in total. The third-order valence-electron chi connectivity index (χ3n) is 4.63. The molecule has 0 unspecified atom stereocenters. The van der Waals surface area contributed by atoms with E-state index in [4.69, 9.17) is 20.9 Å². The van der Waals surface area contributed by atoms with E-state index in [1.165, 1.54) is 0 Å². The summed E-state index contributed by atoms with van der Waals surface area (Å²) in [6.45, 7) is 1.83. The molecule has 0 saturated heterocycles. The lowest BCUT2D eigenvalue weighted by Gasteiger charge is -2.07. The first-order valence-electron chi connectivity index (χ1n) is 9.16. The summed E-state index contributed by atoms with van der Waals surface area (Å²) >= 11 is 6.25. The van der Waals surface area contributed by atoms with Gasteiger partial charge in [-0.15, -0.1) is 0 Å². The quantitative estimate of drug-likeness (QED) is 0.365. The number of rotatable bonds is 5. The van der Waals surface area contributed by atoms with Gasteiger partial charge in [-0.1, -0.05) is 89.6 Å². The Morgan fingerprint density at radius 3 is 2.31 bits per heavy atom. The summed E-state index contributed by atoms with van der Waals surface area (Å²) in [6.07, 6.45) is 0. The molecule has 0 atom stereocenters. The van der Waals surface area contributed by atoms with Gasteiger partial charge in [-0.2, -0.15) is 0 Å². The molecule has 5 heteroatoms. The molecule has 0 saturated carbocycles. The van der Waals surface area contributed by atoms with Crippen molar-refractivity contribution in [3.8, 4) is 22.4 Å². The second-order valence-corrected chi connectivity index (χ2v) is 6.99. The number of aryl methyl sites for hydroxylation is 1. The molecule has 0 fully saturated rings. The van der Waals surface area contributed by atoms with Crippen molar-refractivity contribution in [1.82, 2.24) is 5.16 Å². The van der Waals surface area contributed by atoms with Crippen molar-refractivity contribution in [2.75, 3.05) is 0 Å². The summed E-state index contributed by atoms with van der Waals surface area (Å²) in [4.78, 5) is 12.7. The van der Waals surface area contributed by atoms with Gasteiger partial charge in [0.2, 0.25) is 0 Å². The summed E-state index contributed by atoms with van der Waals surface area (Å²) in [5, 5.41) is 4.50. The van der Waals surface area contributed by atoms with Crippen molar-refractivity contribution in [2.24, 2.45) is 0 Å². The Labute approximate surface area is 173 Å². The Morgan fingerprint density at radius 2 is 1.59 bits per heavy atom. The van der Waals surface area contributed by atoms with Crippen molar-refractivity contribution >= 4 is 17.6 Å². The Balaban J connectivity index is 1.50. The van der Waals surface area contributed by atoms with Crippen LogP contribution >= 0.6 is 11.6 Å². The Morgan fingerprint density at radius 1 is 0.931 bits per heavy atom. The number of hydrogen-bond donors (Lipinski definition) is 0. The predicted molar refractivity (Wildman–Crippen MR) is 113 cm³/mol. The number of ether oxygens (including phenoxy) is 1. The van der Waals surface area contributed by atoms with Gasteiger partial charge in [0, 0.05) is 5.56 Å². The first kappa shape index (κ1) is 19.0. The van der Waals surface area contributed by atoms with E-state index in [9.17, 15) is 4.79 Å². The van der Waals surface area contributed by atoms with Gasteiger partial charge in [0.1, 0.15) is 23.6 Å². The molecule has 29 heavy (non-hydrogen) atoms. The number of hydrogen-bond acceptors (Lipinski definition) is 4. The zero-order valence-corrected chi connectivity index (χ0v) is 16.5. The number of nitrogens with zero attached hydrogens (tertiary/aromatic N) is 1. The zero-order chi connectivity index (χ0) is 20.2. The van der Waals surface area contributed by atoms with E-state index in [-0.39, 0.29) is 6.61 Å². The second-order valence-electron chi connectivity index (χ2n) is 6.58. The molecular weight excluding hydrogens is 386 g/mol. The molecule has 1 aromatic heterocycles. The van der Waals surface area contributed by atoms with Crippen LogP contribution in [-0.4, -0.2) is 11.1 Å². The fourth-order valence-electron chi connectivity index (χ4n) is 3.09. The highest BCUT2D eigenvalue weighted by molar-refractivity contribution is 6.33. The van der Waals surface area contributed by atoms with Gasteiger partial charge >= 0.3 is 5.97 Å². The molecule has 0 radical (unpaired) electrons. The van der Waals surface area contributed by atoms with Crippen LogP contribution in [0.5, 0.6) is 0 Å². The van der Waals surface area contributed by atoms with Crippen molar-refractivity contribution in [2.45, 2.75) is 13.5 Å². The van der Waals surface area contributed by atoms with Gasteiger partial charge in [0.25, 0.3) is 0 Å². The Hall–Kier alpha value is -3.37. The van der Waals surface area contributed by atoms with Gasteiger partial charge in [0.15, 0.2) is 0 Å². The minimum absolute atomic E-state index is 0.153. The lowest BCUT2D eigenvalue weighted by atomic mass is 10.0. The van der Waals surface area contributed by atoms with E-state index in [2.05, 4.69) is 17.3 Å². The highest BCUT2D eigenvalue weighted by atomic mass is 35.5. The molecule has 4 rings (SSSR count). The molecule has 0 amide bonds. The molecule has 0 aliphatic carbocycles. The third-order valence-corrected chi connectivity index (χ3v) is 4.96. The number of benzene rings is 3. The molecule has 0 aliphatic heterocycles. The molecule has 4 aromatic rings. The van der Waals surface area contributed by atoms with Crippen LogP contribution in [0, 0.1) is 6.92 Å². The fourth-order valence-corrected chi connectivity index (χ4v) is 3.32. The van der Waals surface area contributed by atoms with Gasteiger partial charge in [-0.25, -0.2) is 4.79 Å². The van der Waals surface area contributed by atoms with Gasteiger partial charge in [-0.3, -0.25) is 0 Å². The topological polar surface area (TPSA) is 52.3 Å². The van der Waals surface area contributed by atoms with Crippen molar-refractivity contribution < 1.29 is 14.1 Å². The van der Waals surface area contributed by atoms with Gasteiger partial charge < -0.3 is 9.26 Å². The molecule has 0 aliphatic rings. The Bertz CT molecular complexity index is 1130. The third kappa shape index (κ3) is 4.08. The summed E-state index contributed by atoms with van der Waals surface area (Å²) in [5.41, 5.74) is 4.45. The van der Waals surface area contributed by atoms with Crippen LogP contribution in [0.4, 0.5) is 0 Å². The predicted octanol–water partition coefficient (Wildman–Crippen LogP) is 6.33. The van der Waals surface area contributed by atoms with Crippen molar-refractivity contribution in [3.05, 3.63) is 101 Å². The lowest BCUT2D eigenvalue weighted by Crippen LogP contribution is -2.07. The second kappa shape index (κ2) is 8.33. The molecule has 1 heterocycles. The normalized spacial score (nSPS) is 10.7. The van der Waals surface area contributed by atoms with E-state index in [0.29, 0.717) is 27.6 Å². The molecular formula is C24H18ClNO3. The SMILES string of the molecule is Cc1onc(-c2ccccc2Cl)c1C(=O)OCc1ccc(-c2ccccc2)cc1. The average Bonchev–Trinajstić information content (AvgIpc) is 3.14. The molecule has 4 nitrogen and oxygen atoms in total. The summed E-state index contributed by atoms with van der Waals surface area (Å²) in [5.74, 6) is -0.102. The van der Waals surface area contributed by atoms with E-state index in [0.717, 1.165) is 16.7 Å². The van der Waals surface area contributed by atoms with Crippen LogP contribution in [0.3, 0.4) is 0 Å². The molecule has 3 aromatic carbocycles. The highest BCUT2D eigenvalue weighted by Crippen LogP contribution is 2.31. The van der Waals surface area contributed by atoms with Crippen LogP contribution in [-0.2, 0) is 11.3 Å². The van der Waals surface area contributed by atoms with E-state index >= 15 is 0 Å². The van der Waals surface area contributed by atoms with Crippen molar-refractivity contribution in [3.63, 3.8) is 0 Å². The van der Waals surface area contributed by atoms with Gasteiger partial charge in [-0.05, 0) is 29.7 Å². The van der Waals surface area contributed by atoms with E-state index in [1.54, 1.807) is 19.1 Å². The van der Waals surface area contributed by atoms with Gasteiger partial charge in [0.05, 0.1) is 5.02 Å². The minimum Gasteiger partial charge on any atom is -0.457 e. The number of aromatic nitrogens is 1. The van der Waals surface area contributed by atoms with Crippen LogP contribution < -0.4 is 0 Å². The maximum Gasteiger partial charge on any atom is 0.344 e. The molecule has 0 bridgehead atoms. The maximum absolute atomic E-state index is 12.7. The molecule has 0 spiro atoms. The minimum atomic E-state index is -0.495. The zero-order valence-electron chi connectivity index (χ0n) is 15.8. The monoisotopic (exact) mass is 403 g/mol. The number of carbonyl (C=O) groups excluding carboxylic acids is 1. The standard InChI is InChI=1S/C24H18ClNO3/c1-16-22(23(26-29-16)20-9-5-6-10-21(20)25)24(27)28-15-17-11-13-19(14-12-17)18-7-3-2-4-8-18/h2-14H,15H2,1H3. The molecule has 144 valence electrons. The van der Waals surface area contributed by atoms with Crippen LogP contribution in [0.25, 0.3) is 22.4 Å². The highest BCUT2D eigenvalue weighted by Gasteiger charge is 2.24. The average molecular weight is 404 g/mol. The summed E-state index contributed by atoms with van der Waals surface area (Å²) < 4.78 is 10.8. The first-order chi connectivity index (χ1) is 14.1.